The van der Waals surface area contributed by atoms with E-state index < -0.39 is 0 Å². The third kappa shape index (κ3) is 2.62. The number of nitrogen functional groups attached to an aromatic ring is 1. The highest BCUT2D eigenvalue weighted by Gasteiger charge is 2.13. The number of rotatable bonds is 2. The van der Waals surface area contributed by atoms with Gasteiger partial charge in [-0.25, -0.2) is 4.79 Å². The fourth-order valence-electron chi connectivity index (χ4n) is 2.38. The molecule has 5 heteroatoms. The lowest BCUT2D eigenvalue weighted by atomic mass is 10.1. The number of nitrogens with two attached hydrogens (primary N) is 1. The maximum absolute atomic E-state index is 11.6. The molecule has 0 amide bonds. The van der Waals surface area contributed by atoms with Crippen LogP contribution < -0.4 is 11.4 Å². The van der Waals surface area contributed by atoms with Crippen molar-refractivity contribution in [3.05, 3.63) is 40.2 Å². The number of nitrogens with zero attached hydrogens (tertiary/aromatic N) is 1. The molecule has 2 aromatic rings. The Morgan fingerprint density at radius 2 is 2.00 bits per heavy atom. The van der Waals surface area contributed by atoms with Gasteiger partial charge in [-0.1, -0.05) is 0 Å². The molecule has 19 heavy (non-hydrogen) atoms. The summed E-state index contributed by atoms with van der Waals surface area (Å²) in [6.45, 7) is 3.99. The Hall–Kier alpha value is -1.85. The summed E-state index contributed by atoms with van der Waals surface area (Å²) in [7, 11) is 0. The van der Waals surface area contributed by atoms with E-state index in [1.54, 1.807) is 12.1 Å². The molecule has 1 aliphatic heterocycles. The van der Waals surface area contributed by atoms with Crippen LogP contribution in [0.25, 0.3) is 11.0 Å². The molecule has 1 fully saturated rings. The van der Waals surface area contributed by atoms with Crippen LogP contribution >= 0.6 is 0 Å². The highest BCUT2D eigenvalue weighted by Crippen LogP contribution is 2.21. The number of hydrogen-bond acceptors (Lipinski definition) is 5. The van der Waals surface area contributed by atoms with Crippen LogP contribution in [0.2, 0.25) is 0 Å². The number of ether oxygens (including phenoxy) is 1. The summed E-state index contributed by atoms with van der Waals surface area (Å²) < 4.78 is 10.5. The van der Waals surface area contributed by atoms with Crippen LogP contribution in [0, 0.1) is 0 Å². The first-order valence-corrected chi connectivity index (χ1v) is 6.35. The van der Waals surface area contributed by atoms with Gasteiger partial charge in [0, 0.05) is 42.8 Å². The van der Waals surface area contributed by atoms with Gasteiger partial charge in [0.05, 0.1) is 13.2 Å². The van der Waals surface area contributed by atoms with E-state index in [0.717, 1.165) is 43.8 Å². The van der Waals surface area contributed by atoms with E-state index >= 15 is 0 Å². The predicted octanol–water partition coefficient (Wildman–Crippen LogP) is 1.21. The average Bonchev–Trinajstić information content (AvgIpc) is 2.39. The molecular weight excluding hydrogens is 244 g/mol. The molecule has 0 saturated carbocycles. The maximum atomic E-state index is 11.6. The summed E-state index contributed by atoms with van der Waals surface area (Å²) in [5, 5.41) is 0.945. The second kappa shape index (κ2) is 5.03. The molecule has 1 aromatic carbocycles. The van der Waals surface area contributed by atoms with Gasteiger partial charge in [-0.3, -0.25) is 4.90 Å². The third-order valence-corrected chi connectivity index (χ3v) is 3.35. The van der Waals surface area contributed by atoms with E-state index in [1.807, 2.05) is 12.1 Å². The van der Waals surface area contributed by atoms with E-state index in [9.17, 15) is 4.79 Å². The van der Waals surface area contributed by atoms with Gasteiger partial charge < -0.3 is 14.9 Å². The highest BCUT2D eigenvalue weighted by molar-refractivity contribution is 5.82. The zero-order valence-electron chi connectivity index (χ0n) is 10.6. The number of benzene rings is 1. The Balaban J connectivity index is 1.99. The lowest BCUT2D eigenvalue weighted by molar-refractivity contribution is 0.0343. The molecule has 100 valence electrons. The van der Waals surface area contributed by atoms with Gasteiger partial charge in [0.2, 0.25) is 0 Å². The van der Waals surface area contributed by atoms with E-state index in [-0.39, 0.29) is 5.63 Å². The van der Waals surface area contributed by atoms with Gasteiger partial charge in [0.1, 0.15) is 5.58 Å². The molecule has 0 unspecified atom stereocenters. The van der Waals surface area contributed by atoms with Gasteiger partial charge in [-0.15, -0.1) is 0 Å². The molecule has 0 spiro atoms. The van der Waals surface area contributed by atoms with Crippen LogP contribution in [0.5, 0.6) is 0 Å². The number of hydrogen-bond donors (Lipinski definition) is 1. The first kappa shape index (κ1) is 12.2. The molecule has 3 rings (SSSR count). The van der Waals surface area contributed by atoms with Crippen molar-refractivity contribution in [2.24, 2.45) is 0 Å². The van der Waals surface area contributed by atoms with Crippen molar-refractivity contribution in [3.63, 3.8) is 0 Å². The van der Waals surface area contributed by atoms with Crippen molar-refractivity contribution in [1.82, 2.24) is 4.90 Å². The molecule has 0 radical (unpaired) electrons. The van der Waals surface area contributed by atoms with Gasteiger partial charge in [-0.05, 0) is 17.7 Å². The molecule has 0 atom stereocenters. The van der Waals surface area contributed by atoms with Crippen molar-refractivity contribution in [2.75, 3.05) is 32.0 Å². The molecule has 1 saturated heterocycles. The second-order valence-corrected chi connectivity index (χ2v) is 4.73. The SMILES string of the molecule is Nc1ccc2c(CN3CCOCC3)cc(=O)oc2c1. The quantitative estimate of drug-likeness (QED) is 0.649. The summed E-state index contributed by atoms with van der Waals surface area (Å²) in [5.74, 6) is 0. The molecule has 2 heterocycles. The lowest BCUT2D eigenvalue weighted by Crippen LogP contribution is -2.35. The topological polar surface area (TPSA) is 68.7 Å². The standard InChI is InChI=1S/C14H16N2O3/c15-11-1-2-12-10(7-14(17)19-13(12)8-11)9-16-3-5-18-6-4-16/h1-2,7-8H,3-6,9,15H2. The Labute approximate surface area is 110 Å². The van der Waals surface area contributed by atoms with Crippen molar-refractivity contribution >= 4 is 16.7 Å². The summed E-state index contributed by atoms with van der Waals surface area (Å²) >= 11 is 0. The Bertz CT molecular complexity index is 645. The van der Waals surface area contributed by atoms with E-state index in [2.05, 4.69) is 4.90 Å². The van der Waals surface area contributed by atoms with Crippen LogP contribution in [0.15, 0.2) is 33.5 Å². The van der Waals surface area contributed by atoms with Gasteiger partial charge in [-0.2, -0.15) is 0 Å². The van der Waals surface area contributed by atoms with Gasteiger partial charge >= 0.3 is 5.63 Å². The lowest BCUT2D eigenvalue weighted by Gasteiger charge is -2.26. The zero-order chi connectivity index (χ0) is 13.2. The Morgan fingerprint density at radius 1 is 1.21 bits per heavy atom. The minimum Gasteiger partial charge on any atom is -0.423 e. The molecule has 2 N–H and O–H groups in total. The third-order valence-electron chi connectivity index (χ3n) is 3.35. The van der Waals surface area contributed by atoms with Crippen LogP contribution in [0.4, 0.5) is 5.69 Å². The summed E-state index contributed by atoms with van der Waals surface area (Å²) in [6.07, 6.45) is 0. The van der Waals surface area contributed by atoms with E-state index in [1.165, 1.54) is 0 Å². The molecule has 1 aliphatic rings. The van der Waals surface area contributed by atoms with Crippen molar-refractivity contribution in [1.29, 1.82) is 0 Å². The Morgan fingerprint density at radius 3 is 2.79 bits per heavy atom. The first-order valence-electron chi connectivity index (χ1n) is 6.35. The normalized spacial score (nSPS) is 16.8. The monoisotopic (exact) mass is 260 g/mol. The van der Waals surface area contributed by atoms with Gasteiger partial charge in [0.25, 0.3) is 0 Å². The van der Waals surface area contributed by atoms with Crippen LogP contribution in [0.3, 0.4) is 0 Å². The van der Waals surface area contributed by atoms with E-state index in [4.69, 9.17) is 14.9 Å². The van der Waals surface area contributed by atoms with Crippen molar-refractivity contribution in [2.45, 2.75) is 6.54 Å². The molecule has 5 nitrogen and oxygen atoms in total. The summed E-state index contributed by atoms with van der Waals surface area (Å²) in [4.78, 5) is 13.9. The zero-order valence-corrected chi connectivity index (χ0v) is 10.6. The highest BCUT2D eigenvalue weighted by atomic mass is 16.5. The molecule has 1 aromatic heterocycles. The van der Waals surface area contributed by atoms with Crippen LogP contribution in [-0.2, 0) is 11.3 Å². The maximum Gasteiger partial charge on any atom is 0.336 e. The minimum absolute atomic E-state index is 0.332. The van der Waals surface area contributed by atoms with Crippen molar-refractivity contribution < 1.29 is 9.15 Å². The molecule has 0 aliphatic carbocycles. The van der Waals surface area contributed by atoms with Gasteiger partial charge in [0.15, 0.2) is 0 Å². The molecular formula is C14H16N2O3. The predicted molar refractivity (Wildman–Crippen MR) is 73.0 cm³/mol. The average molecular weight is 260 g/mol. The smallest absolute Gasteiger partial charge is 0.336 e. The van der Waals surface area contributed by atoms with E-state index in [0.29, 0.717) is 11.3 Å². The number of morpholine rings is 1. The number of fused-ring (bicyclic) bond motifs is 1. The first-order chi connectivity index (χ1) is 9.22. The fraction of sp³-hybridized carbons (Fsp3) is 0.357. The van der Waals surface area contributed by atoms with Crippen LogP contribution in [-0.4, -0.2) is 31.2 Å². The number of anilines is 1. The molecule has 0 bridgehead atoms. The fourth-order valence-corrected chi connectivity index (χ4v) is 2.38. The largest absolute Gasteiger partial charge is 0.423 e. The second-order valence-electron chi connectivity index (χ2n) is 4.73. The minimum atomic E-state index is -0.332. The summed E-state index contributed by atoms with van der Waals surface area (Å²) in [5.41, 5.74) is 7.52. The van der Waals surface area contributed by atoms with Crippen molar-refractivity contribution in [3.8, 4) is 0 Å². The summed E-state index contributed by atoms with van der Waals surface area (Å²) in [6, 6.07) is 6.99. The van der Waals surface area contributed by atoms with Crippen LogP contribution in [0.1, 0.15) is 5.56 Å². The Kier molecular flexibility index (Phi) is 3.23.